The SMILES string of the molecule is CCOC(=O)[C@H](CSCC1(C=O)CSC(=O)N1)NC(C)=O. The third-order valence-corrected chi connectivity index (χ3v) is 4.94. The van der Waals surface area contributed by atoms with Gasteiger partial charge in [0.1, 0.15) is 17.9 Å². The number of amides is 2. The molecule has 1 fully saturated rings. The van der Waals surface area contributed by atoms with Gasteiger partial charge >= 0.3 is 5.97 Å². The van der Waals surface area contributed by atoms with Crippen LogP contribution in [0.3, 0.4) is 0 Å². The predicted octanol–water partition coefficient (Wildman–Crippen LogP) is 0.181. The fraction of sp³-hybridized carbons (Fsp3) is 0.667. The standard InChI is InChI=1S/C12H18N2O5S2/c1-3-19-10(17)9(13-8(2)16)4-20-6-12(5-15)7-21-11(18)14-12/h5,9H,3-4,6-7H2,1-2H3,(H,13,16)(H,14,18)/t9-,12?/m0/s1. The Bertz CT molecular complexity index is 432. The van der Waals surface area contributed by atoms with Crippen LogP contribution in [0.1, 0.15) is 13.8 Å². The van der Waals surface area contributed by atoms with Gasteiger partial charge in [-0.25, -0.2) is 4.79 Å². The molecule has 0 aromatic rings. The lowest BCUT2D eigenvalue weighted by atomic mass is 10.1. The van der Waals surface area contributed by atoms with Crippen molar-refractivity contribution in [1.82, 2.24) is 10.6 Å². The number of thioether (sulfide) groups is 2. The number of aldehydes is 1. The smallest absolute Gasteiger partial charge is 0.329 e. The highest BCUT2D eigenvalue weighted by Crippen LogP contribution is 2.25. The van der Waals surface area contributed by atoms with E-state index < -0.39 is 17.6 Å². The van der Waals surface area contributed by atoms with Crippen LogP contribution in [-0.4, -0.2) is 58.8 Å². The highest BCUT2D eigenvalue weighted by Gasteiger charge is 2.38. The Morgan fingerprint density at radius 3 is 2.81 bits per heavy atom. The molecule has 1 saturated heterocycles. The highest BCUT2D eigenvalue weighted by atomic mass is 32.2. The maximum atomic E-state index is 11.7. The Morgan fingerprint density at radius 1 is 1.62 bits per heavy atom. The highest BCUT2D eigenvalue weighted by molar-refractivity contribution is 8.14. The molecule has 1 heterocycles. The third kappa shape index (κ3) is 5.58. The van der Waals surface area contributed by atoms with Gasteiger partial charge in [0, 0.05) is 24.2 Å². The Morgan fingerprint density at radius 2 is 2.33 bits per heavy atom. The molecule has 2 atom stereocenters. The van der Waals surface area contributed by atoms with E-state index in [1.165, 1.54) is 18.7 Å². The molecule has 21 heavy (non-hydrogen) atoms. The average Bonchev–Trinajstić information content (AvgIpc) is 2.80. The molecule has 0 saturated carbocycles. The monoisotopic (exact) mass is 334 g/mol. The number of esters is 1. The number of ether oxygens (including phenoxy) is 1. The van der Waals surface area contributed by atoms with Crippen molar-refractivity contribution in [3.05, 3.63) is 0 Å². The molecule has 0 aromatic carbocycles. The van der Waals surface area contributed by atoms with Crippen LogP contribution in [0.2, 0.25) is 0 Å². The van der Waals surface area contributed by atoms with E-state index in [2.05, 4.69) is 10.6 Å². The number of hydrogen-bond acceptors (Lipinski definition) is 7. The number of carbonyl (C=O) groups is 4. The summed E-state index contributed by atoms with van der Waals surface area (Å²) in [5, 5.41) is 4.90. The van der Waals surface area contributed by atoms with E-state index in [0.29, 0.717) is 11.5 Å². The zero-order valence-corrected chi connectivity index (χ0v) is 13.5. The second kappa shape index (κ2) is 8.28. The van der Waals surface area contributed by atoms with E-state index in [9.17, 15) is 19.2 Å². The number of nitrogens with one attached hydrogen (secondary N) is 2. The molecule has 7 nitrogen and oxygen atoms in total. The summed E-state index contributed by atoms with van der Waals surface area (Å²) < 4.78 is 4.89. The van der Waals surface area contributed by atoms with Crippen molar-refractivity contribution in [3.63, 3.8) is 0 Å². The minimum Gasteiger partial charge on any atom is -0.464 e. The molecular weight excluding hydrogens is 316 g/mol. The first-order chi connectivity index (χ1) is 9.92. The van der Waals surface area contributed by atoms with E-state index in [1.54, 1.807) is 6.92 Å². The molecule has 0 aromatic heterocycles. The van der Waals surface area contributed by atoms with Gasteiger partial charge in [0.2, 0.25) is 5.91 Å². The molecule has 118 valence electrons. The van der Waals surface area contributed by atoms with Gasteiger partial charge in [-0.2, -0.15) is 11.8 Å². The Balaban J connectivity index is 2.52. The summed E-state index contributed by atoms with van der Waals surface area (Å²) in [6.07, 6.45) is 0.718. The van der Waals surface area contributed by atoms with Gasteiger partial charge in [-0.15, -0.1) is 0 Å². The number of rotatable bonds is 8. The van der Waals surface area contributed by atoms with Crippen LogP contribution in [0.5, 0.6) is 0 Å². The lowest BCUT2D eigenvalue weighted by Crippen LogP contribution is -2.48. The molecular formula is C12H18N2O5S2. The summed E-state index contributed by atoms with van der Waals surface area (Å²) in [5.74, 6) is 0.139. The quantitative estimate of drug-likeness (QED) is 0.482. The normalized spacial score (nSPS) is 22.3. The third-order valence-electron chi connectivity index (χ3n) is 2.63. The van der Waals surface area contributed by atoms with Gasteiger partial charge in [0.15, 0.2) is 0 Å². The Hall–Kier alpha value is -1.22. The number of hydrogen-bond donors (Lipinski definition) is 2. The minimum atomic E-state index is -0.901. The van der Waals surface area contributed by atoms with Crippen molar-refractivity contribution in [2.75, 3.05) is 23.9 Å². The summed E-state index contributed by atoms with van der Waals surface area (Å²) in [7, 11) is 0. The van der Waals surface area contributed by atoms with Gasteiger partial charge in [-0.1, -0.05) is 11.8 Å². The second-order valence-corrected chi connectivity index (χ2v) is 6.47. The fourth-order valence-electron chi connectivity index (χ4n) is 1.66. The van der Waals surface area contributed by atoms with Crippen molar-refractivity contribution in [2.24, 2.45) is 0 Å². The van der Waals surface area contributed by atoms with Gasteiger partial charge in [0.05, 0.1) is 6.61 Å². The van der Waals surface area contributed by atoms with Gasteiger partial charge in [-0.05, 0) is 6.92 Å². The predicted molar refractivity (Wildman–Crippen MR) is 81.3 cm³/mol. The Labute approximate surface area is 131 Å². The van der Waals surface area contributed by atoms with Gasteiger partial charge in [-0.3, -0.25) is 9.59 Å². The van der Waals surface area contributed by atoms with Crippen molar-refractivity contribution in [3.8, 4) is 0 Å². The molecule has 0 radical (unpaired) electrons. The zero-order valence-electron chi connectivity index (χ0n) is 11.8. The van der Waals surface area contributed by atoms with Crippen molar-refractivity contribution < 1.29 is 23.9 Å². The van der Waals surface area contributed by atoms with E-state index in [0.717, 1.165) is 18.0 Å². The molecule has 9 heteroatoms. The van der Waals surface area contributed by atoms with Gasteiger partial charge < -0.3 is 20.2 Å². The number of carbonyl (C=O) groups excluding carboxylic acids is 4. The summed E-state index contributed by atoms with van der Waals surface area (Å²) in [4.78, 5) is 45.2. The molecule has 1 unspecified atom stereocenters. The molecule has 0 aliphatic carbocycles. The molecule has 0 spiro atoms. The van der Waals surface area contributed by atoms with Gasteiger partial charge in [0.25, 0.3) is 5.24 Å². The molecule has 1 aliphatic heterocycles. The van der Waals surface area contributed by atoms with Crippen LogP contribution in [0.25, 0.3) is 0 Å². The van der Waals surface area contributed by atoms with E-state index in [-0.39, 0.29) is 23.5 Å². The first-order valence-electron chi connectivity index (χ1n) is 6.35. The lowest BCUT2D eigenvalue weighted by Gasteiger charge is -2.22. The van der Waals surface area contributed by atoms with Crippen LogP contribution >= 0.6 is 23.5 Å². The van der Waals surface area contributed by atoms with Crippen LogP contribution in [0.4, 0.5) is 4.79 Å². The minimum absolute atomic E-state index is 0.227. The van der Waals surface area contributed by atoms with Crippen LogP contribution in [0, 0.1) is 0 Å². The molecule has 2 amide bonds. The van der Waals surface area contributed by atoms with E-state index in [1.807, 2.05) is 0 Å². The van der Waals surface area contributed by atoms with Crippen molar-refractivity contribution >= 4 is 46.9 Å². The van der Waals surface area contributed by atoms with Crippen LogP contribution in [0.15, 0.2) is 0 Å². The first-order valence-corrected chi connectivity index (χ1v) is 8.49. The zero-order chi connectivity index (χ0) is 15.9. The molecule has 0 bridgehead atoms. The summed E-state index contributed by atoms with van der Waals surface area (Å²) in [5.41, 5.74) is -0.901. The van der Waals surface area contributed by atoms with Crippen LogP contribution < -0.4 is 10.6 Å². The van der Waals surface area contributed by atoms with Crippen molar-refractivity contribution in [2.45, 2.75) is 25.4 Å². The van der Waals surface area contributed by atoms with E-state index >= 15 is 0 Å². The Kier molecular flexibility index (Phi) is 7.03. The van der Waals surface area contributed by atoms with E-state index in [4.69, 9.17) is 4.74 Å². The second-order valence-electron chi connectivity index (χ2n) is 4.50. The van der Waals surface area contributed by atoms with Crippen LogP contribution in [-0.2, 0) is 19.1 Å². The maximum Gasteiger partial charge on any atom is 0.329 e. The topological polar surface area (TPSA) is 102 Å². The summed E-state index contributed by atoms with van der Waals surface area (Å²) in [6.45, 7) is 3.23. The first kappa shape index (κ1) is 17.8. The largest absolute Gasteiger partial charge is 0.464 e. The fourth-order valence-corrected chi connectivity index (χ4v) is 3.88. The van der Waals surface area contributed by atoms with Crippen molar-refractivity contribution in [1.29, 1.82) is 0 Å². The molecule has 1 rings (SSSR count). The molecule has 2 N–H and O–H groups in total. The average molecular weight is 334 g/mol. The maximum absolute atomic E-state index is 11.7. The summed E-state index contributed by atoms with van der Waals surface area (Å²) >= 11 is 2.36. The molecule has 1 aliphatic rings. The summed E-state index contributed by atoms with van der Waals surface area (Å²) in [6, 6.07) is -0.763. The lowest BCUT2D eigenvalue weighted by molar-refractivity contribution is -0.146.